The number of aromatic nitrogens is 1. The lowest BCUT2D eigenvalue weighted by atomic mass is 9.97. The minimum absolute atomic E-state index is 0.193. The molecular formula is C25H34N2O4. The summed E-state index contributed by atoms with van der Waals surface area (Å²) in [7, 11) is 3.26. The van der Waals surface area contributed by atoms with Crippen LogP contribution in [0.1, 0.15) is 82.9 Å². The Morgan fingerprint density at radius 2 is 1.61 bits per heavy atom. The van der Waals surface area contributed by atoms with E-state index in [1.54, 1.807) is 12.1 Å². The number of pyridine rings is 1. The molecule has 2 rings (SSSR count). The number of methoxy groups -OCH3 is 1. The maximum atomic E-state index is 13.5. The highest BCUT2D eigenvalue weighted by atomic mass is 16.5. The summed E-state index contributed by atoms with van der Waals surface area (Å²) in [5, 5.41) is 3.01. The van der Waals surface area contributed by atoms with Crippen molar-refractivity contribution < 1.29 is 14.3 Å². The van der Waals surface area contributed by atoms with Gasteiger partial charge in [-0.2, -0.15) is 0 Å². The lowest BCUT2D eigenvalue weighted by Crippen LogP contribution is -2.31. The summed E-state index contributed by atoms with van der Waals surface area (Å²) in [4.78, 5) is 38.8. The number of amides is 1. The first kappa shape index (κ1) is 24.4. The second-order valence-corrected chi connectivity index (χ2v) is 7.70. The zero-order valence-electron chi connectivity index (χ0n) is 19.8. The Hall–Kier alpha value is -2.89. The van der Waals surface area contributed by atoms with Gasteiger partial charge in [-0.3, -0.25) is 9.59 Å². The molecule has 6 heteroatoms. The van der Waals surface area contributed by atoms with Gasteiger partial charge in [0, 0.05) is 29.7 Å². The van der Waals surface area contributed by atoms with Crippen molar-refractivity contribution in [2.75, 3.05) is 12.4 Å². The number of aryl methyl sites for hydroxylation is 2. The van der Waals surface area contributed by atoms with E-state index in [-0.39, 0.29) is 11.0 Å². The van der Waals surface area contributed by atoms with E-state index >= 15 is 0 Å². The van der Waals surface area contributed by atoms with Gasteiger partial charge in [-0.25, -0.2) is 4.79 Å². The second-order valence-electron chi connectivity index (χ2n) is 7.70. The molecule has 0 fully saturated rings. The van der Waals surface area contributed by atoms with Gasteiger partial charge in [0.1, 0.15) is 5.56 Å². The van der Waals surface area contributed by atoms with Crippen molar-refractivity contribution in [3.8, 4) is 0 Å². The molecule has 0 bridgehead atoms. The molecule has 1 N–H and O–H groups in total. The molecule has 1 heterocycles. The summed E-state index contributed by atoms with van der Waals surface area (Å²) in [6.07, 6.45) is 3.29. The molecule has 0 aliphatic carbocycles. The Balaban J connectivity index is 2.66. The number of esters is 1. The van der Waals surface area contributed by atoms with Crippen LogP contribution in [0.25, 0.3) is 0 Å². The molecule has 0 unspecified atom stereocenters. The van der Waals surface area contributed by atoms with Crippen molar-refractivity contribution in [2.24, 2.45) is 7.05 Å². The summed E-state index contributed by atoms with van der Waals surface area (Å²) in [5.41, 5.74) is 5.15. The highest BCUT2D eigenvalue weighted by molar-refractivity contribution is 6.06. The maximum absolute atomic E-state index is 13.5. The number of rotatable bonds is 8. The van der Waals surface area contributed by atoms with Crippen LogP contribution in [-0.4, -0.2) is 23.6 Å². The third kappa shape index (κ3) is 4.73. The van der Waals surface area contributed by atoms with E-state index in [9.17, 15) is 14.4 Å². The quantitative estimate of drug-likeness (QED) is 0.636. The fourth-order valence-electron chi connectivity index (χ4n) is 4.10. The molecule has 6 nitrogen and oxygen atoms in total. The molecular weight excluding hydrogens is 392 g/mol. The Morgan fingerprint density at radius 1 is 1.03 bits per heavy atom. The summed E-state index contributed by atoms with van der Waals surface area (Å²) < 4.78 is 6.84. The van der Waals surface area contributed by atoms with Crippen molar-refractivity contribution >= 4 is 17.6 Å². The topological polar surface area (TPSA) is 77.4 Å². The highest BCUT2D eigenvalue weighted by Crippen LogP contribution is 2.26. The summed E-state index contributed by atoms with van der Waals surface area (Å²) in [6.45, 7) is 9.82. The van der Waals surface area contributed by atoms with E-state index in [0.717, 1.165) is 28.9 Å². The molecule has 0 saturated carbocycles. The number of anilines is 1. The lowest BCUT2D eigenvalue weighted by molar-refractivity contribution is 0.0600. The third-order valence-electron chi connectivity index (χ3n) is 5.93. The van der Waals surface area contributed by atoms with E-state index in [1.807, 2.05) is 46.2 Å². The number of benzene rings is 1. The first-order valence-electron chi connectivity index (χ1n) is 11.0. The minimum atomic E-state index is -0.410. The van der Waals surface area contributed by atoms with E-state index in [1.165, 1.54) is 7.11 Å². The van der Waals surface area contributed by atoms with Crippen LogP contribution in [0.3, 0.4) is 0 Å². The van der Waals surface area contributed by atoms with Crippen molar-refractivity contribution in [3.05, 3.63) is 61.6 Å². The number of carbonyl (C=O) groups is 2. The molecule has 0 saturated heterocycles. The number of ether oxygens (including phenoxy) is 1. The Bertz CT molecular complexity index is 1030. The van der Waals surface area contributed by atoms with Gasteiger partial charge in [0.05, 0.1) is 12.7 Å². The number of nitrogens with one attached hydrogen (secondary N) is 1. The van der Waals surface area contributed by atoms with Crippen LogP contribution in [0.4, 0.5) is 5.69 Å². The highest BCUT2D eigenvalue weighted by Gasteiger charge is 2.24. The van der Waals surface area contributed by atoms with Gasteiger partial charge in [-0.05, 0) is 55.9 Å². The van der Waals surface area contributed by atoms with Crippen molar-refractivity contribution in [1.29, 1.82) is 0 Å². The van der Waals surface area contributed by atoms with Gasteiger partial charge in [-0.15, -0.1) is 0 Å². The number of nitrogens with zero attached hydrogens (tertiary/aromatic N) is 1. The molecule has 0 aliphatic heterocycles. The molecule has 1 aromatic heterocycles. The number of carbonyl (C=O) groups excluding carboxylic acids is 2. The van der Waals surface area contributed by atoms with Crippen LogP contribution < -0.4 is 10.7 Å². The molecule has 0 atom stereocenters. The summed E-state index contributed by atoms with van der Waals surface area (Å²) in [5.74, 6) is -0.804. The molecule has 0 spiro atoms. The molecule has 31 heavy (non-hydrogen) atoms. The van der Waals surface area contributed by atoms with Crippen LogP contribution in [0.2, 0.25) is 0 Å². The third-order valence-corrected chi connectivity index (χ3v) is 5.93. The van der Waals surface area contributed by atoms with Crippen molar-refractivity contribution in [3.63, 3.8) is 0 Å². The lowest BCUT2D eigenvalue weighted by Gasteiger charge is -2.21. The summed E-state index contributed by atoms with van der Waals surface area (Å²) >= 11 is 0. The van der Waals surface area contributed by atoms with E-state index in [2.05, 4.69) is 5.32 Å². The zero-order valence-corrected chi connectivity index (χ0v) is 19.8. The monoisotopic (exact) mass is 426 g/mol. The van der Waals surface area contributed by atoms with E-state index < -0.39 is 11.9 Å². The van der Waals surface area contributed by atoms with Gasteiger partial charge in [-0.1, -0.05) is 34.1 Å². The number of hydrogen-bond acceptors (Lipinski definition) is 4. The zero-order chi connectivity index (χ0) is 23.3. The SMILES string of the molecule is CCCc1c(C(=O)Nc2c(CC)cc(C(=O)OC)cc2CC)c(=O)c(CC)c(C)n1C. The van der Waals surface area contributed by atoms with Gasteiger partial charge < -0.3 is 14.6 Å². The second kappa shape index (κ2) is 10.4. The summed E-state index contributed by atoms with van der Waals surface area (Å²) in [6, 6.07) is 3.50. The predicted molar refractivity (Wildman–Crippen MR) is 124 cm³/mol. The van der Waals surface area contributed by atoms with Crippen LogP contribution >= 0.6 is 0 Å². The fourth-order valence-corrected chi connectivity index (χ4v) is 4.10. The normalized spacial score (nSPS) is 10.8. The van der Waals surface area contributed by atoms with Gasteiger partial charge in [0.25, 0.3) is 5.91 Å². The first-order chi connectivity index (χ1) is 14.7. The van der Waals surface area contributed by atoms with Crippen LogP contribution in [0.15, 0.2) is 16.9 Å². The smallest absolute Gasteiger partial charge is 0.337 e. The van der Waals surface area contributed by atoms with Crippen LogP contribution in [0.5, 0.6) is 0 Å². The Labute approximate surface area is 184 Å². The molecule has 1 aromatic carbocycles. The molecule has 1 amide bonds. The predicted octanol–water partition coefficient (Wildman–Crippen LogP) is 4.37. The van der Waals surface area contributed by atoms with Gasteiger partial charge in [0.2, 0.25) is 0 Å². The number of hydrogen-bond donors (Lipinski definition) is 1. The van der Waals surface area contributed by atoms with E-state index in [0.29, 0.717) is 42.5 Å². The van der Waals surface area contributed by atoms with Crippen LogP contribution in [0, 0.1) is 6.92 Å². The molecule has 168 valence electrons. The molecule has 2 aromatic rings. The minimum Gasteiger partial charge on any atom is -0.465 e. The fraction of sp³-hybridized carbons (Fsp3) is 0.480. The Morgan fingerprint density at radius 3 is 2.06 bits per heavy atom. The van der Waals surface area contributed by atoms with Crippen molar-refractivity contribution in [2.45, 2.75) is 66.7 Å². The molecule has 0 aliphatic rings. The van der Waals surface area contributed by atoms with Gasteiger partial charge >= 0.3 is 5.97 Å². The van der Waals surface area contributed by atoms with Crippen molar-refractivity contribution in [1.82, 2.24) is 4.57 Å². The van der Waals surface area contributed by atoms with E-state index in [4.69, 9.17) is 4.74 Å². The largest absolute Gasteiger partial charge is 0.465 e. The maximum Gasteiger partial charge on any atom is 0.337 e. The Kier molecular flexibility index (Phi) is 8.20. The van der Waals surface area contributed by atoms with Crippen LogP contribution in [-0.2, 0) is 37.5 Å². The van der Waals surface area contributed by atoms with Gasteiger partial charge in [0.15, 0.2) is 5.43 Å². The standard InChI is InChI=1S/C25H34N2O4/c1-8-12-20-21(23(28)19(11-4)15(5)27(20)6)24(29)26-22-16(9-2)13-18(25(30)31-7)14-17(22)10-3/h13-14H,8-12H2,1-7H3,(H,26,29). The average Bonchev–Trinajstić information content (AvgIpc) is 2.77. The average molecular weight is 427 g/mol. The molecule has 0 radical (unpaired) electrons. The first-order valence-corrected chi connectivity index (χ1v) is 11.0.